The Morgan fingerprint density at radius 2 is 1.52 bits per heavy atom. The van der Waals surface area contributed by atoms with Crippen LogP contribution < -0.4 is 0 Å². The topological polar surface area (TPSA) is 132 Å². The van der Waals surface area contributed by atoms with Gasteiger partial charge in [-0.05, 0) is 67.9 Å². The molecule has 4 aromatic rings. The van der Waals surface area contributed by atoms with Gasteiger partial charge in [0.15, 0.2) is 0 Å². The number of hydrogen-bond donors (Lipinski definition) is 2. The Hall–Kier alpha value is -4.32. The van der Waals surface area contributed by atoms with E-state index in [-0.39, 0.29) is 33.9 Å². The molecule has 11 heteroatoms. The van der Waals surface area contributed by atoms with Crippen LogP contribution in [-0.2, 0) is 9.47 Å². The Bertz CT molecular complexity index is 1780. The highest BCUT2D eigenvalue weighted by Gasteiger charge is 2.40. The zero-order chi connectivity index (χ0) is 29.4. The van der Waals surface area contributed by atoms with E-state index in [0.717, 1.165) is 26.0 Å². The number of carbonyl (C=O) groups is 2. The van der Waals surface area contributed by atoms with Gasteiger partial charge in [0.1, 0.15) is 18.5 Å². The fraction of sp³-hybridized carbons (Fsp3) is 0.194. The van der Waals surface area contributed by atoms with Gasteiger partial charge in [-0.3, -0.25) is 9.97 Å². The van der Waals surface area contributed by atoms with Gasteiger partial charge in [-0.2, -0.15) is 0 Å². The Kier molecular flexibility index (Phi) is 7.63. The van der Waals surface area contributed by atoms with E-state index in [0.29, 0.717) is 24.6 Å². The minimum Gasteiger partial charge on any atom is -0.491 e. The van der Waals surface area contributed by atoms with Crippen molar-refractivity contribution in [3.63, 3.8) is 0 Å². The zero-order valence-corrected chi connectivity index (χ0v) is 24.2. The van der Waals surface area contributed by atoms with Crippen LogP contribution in [0.2, 0.25) is 0 Å². The Morgan fingerprint density at radius 1 is 0.857 bits per heavy atom. The second-order valence-corrected chi connectivity index (χ2v) is 12.2. The molecular weight excluding hydrogens is 574 g/mol. The first-order valence-electron chi connectivity index (χ1n) is 13.1. The van der Waals surface area contributed by atoms with Crippen molar-refractivity contribution in [2.24, 2.45) is 0 Å². The van der Waals surface area contributed by atoms with Crippen LogP contribution in [-0.4, -0.2) is 61.7 Å². The fourth-order valence-electron chi connectivity index (χ4n) is 4.77. The highest BCUT2D eigenvalue weighted by molar-refractivity contribution is 8.09. The normalized spacial score (nSPS) is 17.9. The van der Waals surface area contributed by atoms with E-state index in [1.807, 2.05) is 18.2 Å². The predicted octanol–water partition coefficient (Wildman–Crippen LogP) is 6.50. The van der Waals surface area contributed by atoms with Crippen molar-refractivity contribution >= 4 is 39.9 Å². The first-order valence-corrected chi connectivity index (χ1v) is 14.8. The number of ether oxygens (including phenoxy) is 2. The average Bonchev–Trinajstić information content (AvgIpc) is 3.62. The third-order valence-electron chi connectivity index (χ3n) is 6.65. The molecule has 1 fully saturated rings. The summed E-state index contributed by atoms with van der Waals surface area (Å²) in [5.74, 6) is -1.37. The minimum absolute atomic E-state index is 0.00926. The second kappa shape index (κ2) is 11.5. The molecule has 0 saturated carbocycles. The van der Waals surface area contributed by atoms with Crippen LogP contribution in [0.3, 0.4) is 0 Å². The van der Waals surface area contributed by atoms with Crippen LogP contribution in [0.5, 0.6) is 0 Å². The molecule has 2 aliphatic heterocycles. The molecule has 0 aliphatic carbocycles. The third-order valence-corrected chi connectivity index (χ3v) is 9.24. The highest BCUT2D eigenvalue weighted by Crippen LogP contribution is 2.50. The van der Waals surface area contributed by atoms with Crippen molar-refractivity contribution < 1.29 is 29.3 Å². The lowest BCUT2D eigenvalue weighted by Crippen LogP contribution is -2.31. The number of thioether (sulfide) groups is 1. The molecule has 2 unspecified atom stereocenters. The fourth-order valence-corrected chi connectivity index (χ4v) is 7.40. The molecule has 42 heavy (non-hydrogen) atoms. The predicted molar refractivity (Wildman–Crippen MR) is 161 cm³/mol. The number of thiophene rings is 1. The number of carboxylic acid groups (broad SMARTS) is 2. The number of rotatable bonds is 7. The van der Waals surface area contributed by atoms with Crippen molar-refractivity contribution in [1.29, 1.82) is 0 Å². The van der Waals surface area contributed by atoms with Crippen molar-refractivity contribution in [2.45, 2.75) is 25.2 Å². The lowest BCUT2D eigenvalue weighted by atomic mass is 10.1. The molecule has 0 amide bonds. The summed E-state index contributed by atoms with van der Waals surface area (Å²) in [5.41, 5.74) is 3.45. The van der Waals surface area contributed by atoms with E-state index >= 15 is 0 Å². The summed E-state index contributed by atoms with van der Waals surface area (Å²) in [5, 5.41) is 19.3. The number of carboxylic acids is 2. The number of nitrogens with zero attached hydrogens (tertiary/aromatic N) is 3. The maximum Gasteiger partial charge on any atom is 0.335 e. The first-order chi connectivity index (χ1) is 20.3. The minimum atomic E-state index is -1.14. The second-order valence-electron chi connectivity index (χ2n) is 9.92. The quantitative estimate of drug-likeness (QED) is 0.227. The summed E-state index contributed by atoms with van der Waals surface area (Å²) < 4.78 is 12.2. The van der Waals surface area contributed by atoms with Crippen LogP contribution in [0.1, 0.15) is 39.4 Å². The Labute approximate surface area is 249 Å². The molecule has 0 spiro atoms. The highest BCUT2D eigenvalue weighted by atomic mass is 32.2. The molecule has 0 bridgehead atoms. The number of aromatic carboxylic acids is 2. The molecule has 1 saturated heterocycles. The van der Waals surface area contributed by atoms with Gasteiger partial charge in [0.2, 0.25) is 0 Å². The molecule has 2 aliphatic rings. The number of aromatic nitrogens is 3. The van der Waals surface area contributed by atoms with E-state index in [1.165, 1.54) is 36.0 Å². The molecule has 9 nitrogen and oxygen atoms in total. The number of hydrogen-bond acceptors (Lipinski definition) is 9. The first kappa shape index (κ1) is 27.8. The summed E-state index contributed by atoms with van der Waals surface area (Å²) in [6, 6.07) is 13.4. The molecule has 0 radical (unpaired) electrons. The number of fused-ring (bicyclic) bond motifs is 1. The molecule has 0 aromatic carbocycles. The van der Waals surface area contributed by atoms with E-state index in [4.69, 9.17) is 9.47 Å². The average molecular weight is 600 g/mol. The van der Waals surface area contributed by atoms with E-state index in [9.17, 15) is 19.8 Å². The van der Waals surface area contributed by atoms with Gasteiger partial charge >= 0.3 is 11.9 Å². The lowest BCUT2D eigenvalue weighted by molar-refractivity contribution is -0.0347. The van der Waals surface area contributed by atoms with Crippen LogP contribution in [0.4, 0.5) is 0 Å². The van der Waals surface area contributed by atoms with Crippen molar-refractivity contribution in [3.05, 3.63) is 94.3 Å². The largest absolute Gasteiger partial charge is 0.491 e. The summed E-state index contributed by atoms with van der Waals surface area (Å²) >= 11 is 3.39. The maximum absolute atomic E-state index is 12.0. The van der Waals surface area contributed by atoms with Gasteiger partial charge in [-0.1, -0.05) is 11.6 Å². The smallest absolute Gasteiger partial charge is 0.335 e. The maximum atomic E-state index is 12.0. The molecule has 2 atom stereocenters. The third kappa shape index (κ3) is 5.58. The molecule has 6 rings (SSSR count). The number of pyridine rings is 3. The monoisotopic (exact) mass is 599 g/mol. The van der Waals surface area contributed by atoms with Gasteiger partial charge in [-0.15, -0.1) is 23.1 Å². The van der Waals surface area contributed by atoms with Gasteiger partial charge in [0, 0.05) is 22.1 Å². The standard InChI is InChI=1S/C31H25N3O6S2/c1-16(2)11-26-27-28(40-10-9-39-27)29(42-26)25-4-3-24(41-25)17-5-7-32-20(12-17)22-14-19(31(37)38)15-23(34-22)21-13-18(30(35)36)6-8-33-21/h3-8,11-15,26-27H,9-10H2,1-2H3,(H,35,36)(H,37,38). The molecule has 6 heterocycles. The summed E-state index contributed by atoms with van der Waals surface area (Å²) in [4.78, 5) is 39.9. The van der Waals surface area contributed by atoms with E-state index in [1.54, 1.807) is 29.3 Å². The Morgan fingerprint density at radius 3 is 2.24 bits per heavy atom. The van der Waals surface area contributed by atoms with Crippen molar-refractivity contribution in [1.82, 2.24) is 15.0 Å². The van der Waals surface area contributed by atoms with Crippen LogP contribution in [0, 0.1) is 0 Å². The van der Waals surface area contributed by atoms with Gasteiger partial charge < -0.3 is 19.7 Å². The van der Waals surface area contributed by atoms with Gasteiger partial charge in [-0.25, -0.2) is 14.6 Å². The molecule has 2 N–H and O–H groups in total. The number of allylic oxidation sites excluding steroid dienone is 1. The molecule has 212 valence electrons. The SMILES string of the molecule is CC(C)=CC1SC(c2ccc(-c3ccnc(-c4cc(C(=O)O)cc(-c5cc(C(=O)O)ccn5)n4)c3)s2)=C2OCCOC21. The van der Waals surface area contributed by atoms with Gasteiger partial charge in [0.05, 0.1) is 50.7 Å². The summed E-state index contributed by atoms with van der Waals surface area (Å²) in [6.45, 7) is 5.27. The zero-order valence-electron chi connectivity index (χ0n) is 22.6. The molecule has 4 aromatic heterocycles. The lowest BCUT2D eigenvalue weighted by Gasteiger charge is -2.25. The van der Waals surface area contributed by atoms with Crippen LogP contribution in [0.25, 0.3) is 38.1 Å². The van der Waals surface area contributed by atoms with Crippen LogP contribution in [0.15, 0.2) is 78.3 Å². The van der Waals surface area contributed by atoms with Crippen molar-refractivity contribution in [2.75, 3.05) is 13.2 Å². The molecular formula is C31H25N3O6S2. The summed E-state index contributed by atoms with van der Waals surface area (Å²) in [6.07, 6.45) is 5.14. The Balaban J connectivity index is 1.35. The van der Waals surface area contributed by atoms with Gasteiger partial charge in [0.25, 0.3) is 0 Å². The summed E-state index contributed by atoms with van der Waals surface area (Å²) in [7, 11) is 0. The van der Waals surface area contributed by atoms with Crippen molar-refractivity contribution in [3.8, 4) is 33.2 Å². The van der Waals surface area contributed by atoms with E-state index < -0.39 is 11.9 Å². The van der Waals surface area contributed by atoms with Crippen LogP contribution >= 0.6 is 23.1 Å². The van der Waals surface area contributed by atoms with E-state index in [2.05, 4.69) is 40.9 Å².